The first kappa shape index (κ1) is 25.3. The molecule has 1 nitrogen and oxygen atoms in total. The minimum Gasteiger partial charge on any atom is -0.375 e. The molecular formula is C27H51N. The fourth-order valence-electron chi connectivity index (χ4n) is 5.12. The zero-order chi connectivity index (χ0) is 21.9. The average molecular weight is 390 g/mol. The van der Waals surface area contributed by atoms with Gasteiger partial charge in [-0.1, -0.05) is 81.0 Å². The third-order valence-electron chi connectivity index (χ3n) is 7.38. The van der Waals surface area contributed by atoms with E-state index in [1.165, 1.54) is 56.5 Å². The van der Waals surface area contributed by atoms with Crippen molar-refractivity contribution in [3.63, 3.8) is 0 Å². The van der Waals surface area contributed by atoms with Crippen molar-refractivity contribution in [2.24, 2.45) is 34.0 Å². The van der Waals surface area contributed by atoms with Crippen LogP contribution in [0.25, 0.3) is 0 Å². The van der Waals surface area contributed by atoms with E-state index in [2.05, 4.69) is 87.3 Å². The molecule has 0 radical (unpaired) electrons. The van der Waals surface area contributed by atoms with E-state index in [0.29, 0.717) is 23.2 Å². The number of piperidine rings is 1. The number of nitrogens with zero attached hydrogens (tertiary/aromatic N) is 1. The van der Waals surface area contributed by atoms with E-state index in [1.54, 1.807) is 0 Å². The maximum atomic E-state index is 4.68. The molecule has 1 fully saturated rings. The Bertz CT molecular complexity index is 519. The lowest BCUT2D eigenvalue weighted by atomic mass is 9.60. The summed E-state index contributed by atoms with van der Waals surface area (Å²) >= 11 is 0. The molecule has 0 aromatic carbocycles. The normalized spacial score (nSPS) is 19.9. The highest BCUT2D eigenvalue weighted by atomic mass is 15.1. The van der Waals surface area contributed by atoms with Gasteiger partial charge in [-0.3, -0.25) is 0 Å². The van der Waals surface area contributed by atoms with E-state index in [9.17, 15) is 0 Å². The maximum Gasteiger partial charge on any atom is 0.0174 e. The number of hydrogen-bond donors (Lipinski definition) is 0. The topological polar surface area (TPSA) is 3.24 Å². The molecule has 3 atom stereocenters. The highest BCUT2D eigenvalue weighted by molar-refractivity contribution is 5.09. The van der Waals surface area contributed by atoms with E-state index in [1.807, 2.05) is 0 Å². The van der Waals surface area contributed by atoms with Crippen molar-refractivity contribution < 1.29 is 0 Å². The van der Waals surface area contributed by atoms with Crippen LogP contribution in [0.3, 0.4) is 0 Å². The second kappa shape index (κ2) is 9.40. The van der Waals surface area contributed by atoms with Crippen LogP contribution in [0.1, 0.15) is 101 Å². The van der Waals surface area contributed by atoms with Crippen LogP contribution in [0.15, 0.2) is 24.4 Å². The Balaban J connectivity index is 3.14. The summed E-state index contributed by atoms with van der Waals surface area (Å²) in [5.74, 6) is 1.69. The van der Waals surface area contributed by atoms with Crippen molar-refractivity contribution >= 4 is 0 Å². The van der Waals surface area contributed by atoms with Gasteiger partial charge in [0.2, 0.25) is 0 Å². The first-order valence-corrected chi connectivity index (χ1v) is 11.7. The van der Waals surface area contributed by atoms with E-state index >= 15 is 0 Å². The van der Waals surface area contributed by atoms with E-state index in [-0.39, 0.29) is 10.8 Å². The fourth-order valence-corrected chi connectivity index (χ4v) is 5.12. The molecule has 1 aliphatic heterocycles. The molecule has 0 bridgehead atoms. The van der Waals surface area contributed by atoms with Crippen LogP contribution in [0.4, 0.5) is 0 Å². The maximum absolute atomic E-state index is 4.68. The summed E-state index contributed by atoms with van der Waals surface area (Å²) in [6.45, 7) is 35.4. The third kappa shape index (κ3) is 6.96. The Labute approximate surface area is 178 Å². The van der Waals surface area contributed by atoms with E-state index in [0.717, 1.165) is 0 Å². The van der Waals surface area contributed by atoms with E-state index < -0.39 is 0 Å². The fraction of sp³-hybridized carbons (Fsp3) is 0.852. The summed E-state index contributed by atoms with van der Waals surface area (Å²) in [7, 11) is 0. The van der Waals surface area contributed by atoms with Gasteiger partial charge in [-0.25, -0.2) is 0 Å². The van der Waals surface area contributed by atoms with Gasteiger partial charge in [-0.15, -0.1) is 0 Å². The number of allylic oxidation sites excluding steroid dienone is 2. The van der Waals surface area contributed by atoms with Crippen LogP contribution in [-0.2, 0) is 0 Å². The van der Waals surface area contributed by atoms with Crippen molar-refractivity contribution in [2.45, 2.75) is 101 Å². The summed E-state index contributed by atoms with van der Waals surface area (Å²) in [6, 6.07) is 0. The van der Waals surface area contributed by atoms with Crippen molar-refractivity contribution in [3.8, 4) is 0 Å². The van der Waals surface area contributed by atoms with Gasteiger partial charge in [0.15, 0.2) is 0 Å². The van der Waals surface area contributed by atoms with Crippen LogP contribution < -0.4 is 0 Å². The number of hydrogen-bond acceptors (Lipinski definition) is 1. The highest BCUT2D eigenvalue weighted by Gasteiger charge is 2.41. The van der Waals surface area contributed by atoms with Gasteiger partial charge in [-0.05, 0) is 67.1 Å². The monoisotopic (exact) mass is 389 g/mol. The molecule has 0 aromatic heterocycles. The molecule has 1 heteroatoms. The SMILES string of the molecule is C=C(C)C(CC(C)C(C)(C)C(CC(C)(C)C)C(=C)N1CCCCC1)C(C)(C)C. The predicted octanol–water partition coefficient (Wildman–Crippen LogP) is 8.33. The average Bonchev–Trinajstić information content (AvgIpc) is 2.55. The van der Waals surface area contributed by atoms with Gasteiger partial charge in [0.1, 0.15) is 0 Å². The first-order chi connectivity index (χ1) is 12.6. The van der Waals surface area contributed by atoms with Crippen molar-refractivity contribution in [1.82, 2.24) is 4.90 Å². The Kier molecular flexibility index (Phi) is 8.49. The summed E-state index contributed by atoms with van der Waals surface area (Å²) in [4.78, 5) is 2.61. The molecule has 0 aliphatic carbocycles. The van der Waals surface area contributed by atoms with E-state index in [4.69, 9.17) is 0 Å². The minimum absolute atomic E-state index is 0.209. The summed E-state index contributed by atoms with van der Waals surface area (Å²) in [5.41, 5.74) is 3.50. The Morgan fingerprint density at radius 3 is 1.75 bits per heavy atom. The van der Waals surface area contributed by atoms with Gasteiger partial charge in [0.25, 0.3) is 0 Å². The van der Waals surface area contributed by atoms with Crippen LogP contribution in [0, 0.1) is 34.0 Å². The summed E-state index contributed by atoms with van der Waals surface area (Å²) < 4.78 is 0. The molecule has 0 aromatic rings. The molecule has 1 rings (SSSR count). The smallest absolute Gasteiger partial charge is 0.0174 e. The van der Waals surface area contributed by atoms with Gasteiger partial charge in [0.05, 0.1) is 0 Å². The molecular weight excluding hydrogens is 338 g/mol. The number of rotatable bonds is 8. The zero-order valence-electron chi connectivity index (χ0n) is 21.0. The van der Waals surface area contributed by atoms with Crippen LogP contribution in [-0.4, -0.2) is 18.0 Å². The second-order valence-electron chi connectivity index (χ2n) is 12.6. The van der Waals surface area contributed by atoms with Crippen LogP contribution >= 0.6 is 0 Å². The predicted molar refractivity (Wildman–Crippen MR) is 127 cm³/mol. The molecule has 1 saturated heterocycles. The third-order valence-corrected chi connectivity index (χ3v) is 7.38. The van der Waals surface area contributed by atoms with Crippen LogP contribution in [0.2, 0.25) is 0 Å². The van der Waals surface area contributed by atoms with Crippen molar-refractivity contribution in [2.75, 3.05) is 13.1 Å². The molecule has 0 N–H and O–H groups in total. The van der Waals surface area contributed by atoms with Crippen LogP contribution in [0.5, 0.6) is 0 Å². The quantitative estimate of drug-likeness (QED) is 0.377. The Morgan fingerprint density at radius 2 is 1.36 bits per heavy atom. The highest BCUT2D eigenvalue weighted by Crippen LogP contribution is 2.49. The molecule has 0 amide bonds. The molecule has 3 unspecified atom stereocenters. The van der Waals surface area contributed by atoms with Gasteiger partial charge < -0.3 is 4.90 Å². The largest absolute Gasteiger partial charge is 0.375 e. The van der Waals surface area contributed by atoms with Gasteiger partial charge in [-0.2, -0.15) is 0 Å². The molecule has 164 valence electrons. The molecule has 1 heterocycles. The molecule has 0 saturated carbocycles. The summed E-state index contributed by atoms with van der Waals surface area (Å²) in [6.07, 6.45) is 6.42. The molecule has 28 heavy (non-hydrogen) atoms. The van der Waals surface area contributed by atoms with Gasteiger partial charge >= 0.3 is 0 Å². The van der Waals surface area contributed by atoms with Crippen molar-refractivity contribution in [1.29, 1.82) is 0 Å². The standard InChI is InChI=1S/C27H51N/c1-20(2)23(26(8,9)10)18-21(3)27(11,12)24(19-25(5,6)7)22(4)28-16-14-13-15-17-28/h21,23-24H,1,4,13-19H2,2-3,5-12H3. The lowest BCUT2D eigenvalue weighted by Crippen LogP contribution is -2.42. The molecule has 1 aliphatic rings. The first-order valence-electron chi connectivity index (χ1n) is 11.7. The lowest BCUT2D eigenvalue weighted by Gasteiger charge is -2.48. The summed E-state index contributed by atoms with van der Waals surface area (Å²) in [5, 5.41) is 0. The Hall–Kier alpha value is -0.720. The minimum atomic E-state index is 0.209. The second-order valence-corrected chi connectivity index (χ2v) is 12.6. The Morgan fingerprint density at radius 1 is 0.857 bits per heavy atom. The molecule has 0 spiro atoms. The lowest BCUT2D eigenvalue weighted by molar-refractivity contribution is 0.0628. The zero-order valence-corrected chi connectivity index (χ0v) is 21.0. The van der Waals surface area contributed by atoms with Gasteiger partial charge in [0, 0.05) is 24.7 Å². The number of likely N-dealkylation sites (tertiary alicyclic amines) is 1. The van der Waals surface area contributed by atoms with Crippen molar-refractivity contribution in [3.05, 3.63) is 24.4 Å².